The molecule has 0 radical (unpaired) electrons. The predicted molar refractivity (Wildman–Crippen MR) is 49.2 cm³/mol. The average Bonchev–Trinajstić information content (AvgIpc) is 2.48. The van der Waals surface area contributed by atoms with Gasteiger partial charge in [-0.25, -0.2) is 0 Å². The summed E-state index contributed by atoms with van der Waals surface area (Å²) in [4.78, 5) is 2.28. The minimum atomic E-state index is 0.104. The van der Waals surface area contributed by atoms with E-state index in [0.29, 0.717) is 12.2 Å². The third-order valence-electron chi connectivity index (χ3n) is 3.05. The van der Waals surface area contributed by atoms with E-state index in [-0.39, 0.29) is 6.04 Å². The molecule has 72 valence electrons. The van der Waals surface area contributed by atoms with Crippen LogP contribution >= 0.6 is 0 Å². The lowest BCUT2D eigenvalue weighted by atomic mass is 10.2. The van der Waals surface area contributed by atoms with Gasteiger partial charge in [0, 0.05) is 13.1 Å². The van der Waals surface area contributed by atoms with Crippen molar-refractivity contribution in [3.63, 3.8) is 0 Å². The van der Waals surface area contributed by atoms with Gasteiger partial charge in [-0.2, -0.15) is 5.26 Å². The molecule has 3 heteroatoms. The molecule has 3 atom stereocenters. The third-order valence-corrected chi connectivity index (χ3v) is 3.05. The lowest BCUT2D eigenvalue weighted by molar-refractivity contribution is -0.0461. The summed E-state index contributed by atoms with van der Waals surface area (Å²) >= 11 is 0. The van der Waals surface area contributed by atoms with Crippen molar-refractivity contribution in [1.29, 1.82) is 5.26 Å². The SMILES string of the molecule is CCC(C#N)N1CC2CCC(C1)O2. The van der Waals surface area contributed by atoms with Crippen molar-refractivity contribution in [2.45, 2.75) is 44.4 Å². The fourth-order valence-corrected chi connectivity index (χ4v) is 2.33. The molecule has 2 heterocycles. The molecule has 2 aliphatic heterocycles. The van der Waals surface area contributed by atoms with Crippen LogP contribution < -0.4 is 0 Å². The van der Waals surface area contributed by atoms with E-state index in [1.54, 1.807) is 0 Å². The van der Waals surface area contributed by atoms with E-state index in [0.717, 1.165) is 19.5 Å². The van der Waals surface area contributed by atoms with Gasteiger partial charge >= 0.3 is 0 Å². The molecule has 0 amide bonds. The quantitative estimate of drug-likeness (QED) is 0.639. The molecule has 0 aromatic heterocycles. The van der Waals surface area contributed by atoms with Crippen molar-refractivity contribution in [2.75, 3.05) is 13.1 Å². The first-order chi connectivity index (χ1) is 6.33. The first kappa shape index (κ1) is 8.98. The number of ether oxygens (including phenoxy) is 1. The van der Waals surface area contributed by atoms with Crippen LogP contribution in [0.4, 0.5) is 0 Å². The molecule has 0 aromatic rings. The molecule has 0 N–H and O–H groups in total. The molecule has 2 fully saturated rings. The summed E-state index contributed by atoms with van der Waals surface area (Å²) in [7, 11) is 0. The second kappa shape index (κ2) is 3.65. The van der Waals surface area contributed by atoms with Gasteiger partial charge < -0.3 is 4.74 Å². The van der Waals surface area contributed by atoms with Gasteiger partial charge in [-0.15, -0.1) is 0 Å². The van der Waals surface area contributed by atoms with Crippen LogP contribution in [0.25, 0.3) is 0 Å². The van der Waals surface area contributed by atoms with Crippen molar-refractivity contribution in [2.24, 2.45) is 0 Å². The van der Waals surface area contributed by atoms with E-state index in [2.05, 4.69) is 17.9 Å². The second-order valence-corrected chi connectivity index (χ2v) is 3.96. The van der Waals surface area contributed by atoms with Crippen LogP contribution in [0, 0.1) is 11.3 Å². The molecular weight excluding hydrogens is 164 g/mol. The Balaban J connectivity index is 1.98. The zero-order valence-electron chi connectivity index (χ0n) is 8.07. The topological polar surface area (TPSA) is 36.3 Å². The Kier molecular flexibility index (Phi) is 2.52. The average molecular weight is 180 g/mol. The van der Waals surface area contributed by atoms with Gasteiger partial charge in [-0.1, -0.05) is 6.92 Å². The molecule has 3 nitrogen and oxygen atoms in total. The Morgan fingerprint density at radius 3 is 2.54 bits per heavy atom. The third kappa shape index (κ3) is 1.70. The van der Waals surface area contributed by atoms with Crippen molar-refractivity contribution in [3.8, 4) is 6.07 Å². The molecule has 2 rings (SSSR count). The summed E-state index contributed by atoms with van der Waals surface area (Å²) in [6.45, 7) is 4.00. The fraction of sp³-hybridized carbons (Fsp3) is 0.900. The molecule has 0 spiro atoms. The summed E-state index contributed by atoms with van der Waals surface area (Å²) in [6.07, 6.45) is 4.10. The summed E-state index contributed by atoms with van der Waals surface area (Å²) in [5, 5.41) is 8.94. The van der Waals surface area contributed by atoms with E-state index in [9.17, 15) is 0 Å². The standard InChI is InChI=1S/C10H16N2O/c1-2-8(5-11)12-6-9-3-4-10(7-12)13-9/h8-10H,2-4,6-7H2,1H3. The molecule has 2 aliphatic rings. The number of nitrogens with zero attached hydrogens (tertiary/aromatic N) is 2. The minimum absolute atomic E-state index is 0.104. The number of hydrogen-bond donors (Lipinski definition) is 0. The predicted octanol–water partition coefficient (Wildman–Crippen LogP) is 1.15. The highest BCUT2D eigenvalue weighted by Crippen LogP contribution is 2.27. The van der Waals surface area contributed by atoms with Gasteiger partial charge in [0.05, 0.1) is 24.3 Å². The van der Waals surface area contributed by atoms with E-state index in [4.69, 9.17) is 10.00 Å². The van der Waals surface area contributed by atoms with Gasteiger partial charge in [0.1, 0.15) is 0 Å². The van der Waals surface area contributed by atoms with Gasteiger partial charge in [-0.3, -0.25) is 4.90 Å². The van der Waals surface area contributed by atoms with Crippen LogP contribution in [-0.2, 0) is 4.74 Å². The highest BCUT2D eigenvalue weighted by atomic mass is 16.5. The zero-order chi connectivity index (χ0) is 9.26. The highest BCUT2D eigenvalue weighted by Gasteiger charge is 2.35. The highest BCUT2D eigenvalue weighted by molar-refractivity contribution is 4.96. The van der Waals surface area contributed by atoms with Crippen molar-refractivity contribution < 1.29 is 4.74 Å². The number of likely N-dealkylation sites (tertiary alicyclic amines) is 1. The Morgan fingerprint density at radius 1 is 1.46 bits per heavy atom. The van der Waals surface area contributed by atoms with Crippen LogP contribution in [0.3, 0.4) is 0 Å². The van der Waals surface area contributed by atoms with E-state index >= 15 is 0 Å². The maximum Gasteiger partial charge on any atom is 0.0977 e. The van der Waals surface area contributed by atoms with Gasteiger partial charge in [-0.05, 0) is 19.3 Å². The van der Waals surface area contributed by atoms with Crippen LogP contribution in [0.1, 0.15) is 26.2 Å². The lowest BCUT2D eigenvalue weighted by Gasteiger charge is -2.34. The maximum absolute atomic E-state index is 8.94. The zero-order valence-corrected chi connectivity index (χ0v) is 8.07. The van der Waals surface area contributed by atoms with Gasteiger partial charge in [0.25, 0.3) is 0 Å². The number of hydrogen-bond acceptors (Lipinski definition) is 3. The summed E-state index contributed by atoms with van der Waals surface area (Å²) in [5.74, 6) is 0. The summed E-state index contributed by atoms with van der Waals surface area (Å²) < 4.78 is 5.72. The molecule has 2 saturated heterocycles. The van der Waals surface area contributed by atoms with Crippen LogP contribution in [0.5, 0.6) is 0 Å². The van der Waals surface area contributed by atoms with Crippen molar-refractivity contribution in [3.05, 3.63) is 0 Å². The monoisotopic (exact) mass is 180 g/mol. The van der Waals surface area contributed by atoms with Crippen LogP contribution in [0.15, 0.2) is 0 Å². The molecule has 0 aromatic carbocycles. The molecule has 0 aliphatic carbocycles. The van der Waals surface area contributed by atoms with Crippen LogP contribution in [0.2, 0.25) is 0 Å². The number of fused-ring (bicyclic) bond motifs is 2. The first-order valence-electron chi connectivity index (χ1n) is 5.12. The maximum atomic E-state index is 8.94. The van der Waals surface area contributed by atoms with Crippen LogP contribution in [-0.4, -0.2) is 36.2 Å². The molecular formula is C10H16N2O. The number of nitriles is 1. The Morgan fingerprint density at radius 2 is 2.08 bits per heavy atom. The molecule has 2 bridgehead atoms. The normalized spacial score (nSPS) is 35.7. The number of morpholine rings is 1. The van der Waals surface area contributed by atoms with Crippen molar-refractivity contribution in [1.82, 2.24) is 4.90 Å². The first-order valence-corrected chi connectivity index (χ1v) is 5.12. The molecule has 3 unspecified atom stereocenters. The minimum Gasteiger partial charge on any atom is -0.372 e. The Hall–Kier alpha value is -0.590. The fourth-order valence-electron chi connectivity index (χ4n) is 2.33. The van der Waals surface area contributed by atoms with Gasteiger partial charge in [0.2, 0.25) is 0 Å². The smallest absolute Gasteiger partial charge is 0.0977 e. The van der Waals surface area contributed by atoms with Crippen molar-refractivity contribution >= 4 is 0 Å². The van der Waals surface area contributed by atoms with E-state index in [1.807, 2.05) is 0 Å². The Labute approximate surface area is 79.3 Å². The van der Waals surface area contributed by atoms with E-state index in [1.165, 1.54) is 12.8 Å². The Bertz CT molecular complexity index is 211. The number of rotatable bonds is 2. The summed E-state index contributed by atoms with van der Waals surface area (Å²) in [5.41, 5.74) is 0. The summed E-state index contributed by atoms with van der Waals surface area (Å²) in [6, 6.07) is 2.46. The lowest BCUT2D eigenvalue weighted by Crippen LogP contribution is -2.47. The van der Waals surface area contributed by atoms with E-state index < -0.39 is 0 Å². The van der Waals surface area contributed by atoms with Gasteiger partial charge in [0.15, 0.2) is 0 Å². The largest absolute Gasteiger partial charge is 0.372 e. The molecule has 13 heavy (non-hydrogen) atoms. The second-order valence-electron chi connectivity index (χ2n) is 3.96. The molecule has 0 saturated carbocycles.